The molecular formula is C62H63F4N11O5. The molecule has 0 atom stereocenters. The highest BCUT2D eigenvalue weighted by Gasteiger charge is 2.24. The summed E-state index contributed by atoms with van der Waals surface area (Å²) in [4.78, 5) is 74.4. The van der Waals surface area contributed by atoms with Crippen LogP contribution in [0, 0.1) is 37.1 Å². The maximum absolute atomic E-state index is 15.0. The molecule has 4 aromatic heterocycles. The molecule has 0 saturated heterocycles. The molecule has 82 heavy (non-hydrogen) atoms. The highest BCUT2D eigenvalue weighted by molar-refractivity contribution is 6.07. The van der Waals surface area contributed by atoms with Crippen molar-refractivity contribution < 1.29 is 32.3 Å². The predicted molar refractivity (Wildman–Crippen MR) is 314 cm³/mol. The summed E-state index contributed by atoms with van der Waals surface area (Å²) < 4.78 is 61.6. The first-order valence-corrected chi connectivity index (χ1v) is 27.1. The van der Waals surface area contributed by atoms with Gasteiger partial charge in [0.05, 0.1) is 17.0 Å². The van der Waals surface area contributed by atoms with Gasteiger partial charge in [0.2, 0.25) is 11.9 Å². The van der Waals surface area contributed by atoms with Gasteiger partial charge < -0.3 is 30.9 Å². The molecule has 0 spiro atoms. The highest BCUT2D eigenvalue weighted by Crippen LogP contribution is 2.34. The number of carbonyl (C=O) groups is 2. The Morgan fingerprint density at radius 3 is 1.33 bits per heavy atom. The van der Waals surface area contributed by atoms with Crippen molar-refractivity contribution in [3.63, 3.8) is 0 Å². The van der Waals surface area contributed by atoms with E-state index in [0.29, 0.717) is 68.8 Å². The fourth-order valence-corrected chi connectivity index (χ4v) is 9.70. The lowest BCUT2D eigenvalue weighted by atomic mass is 9.97. The third-order valence-electron chi connectivity index (χ3n) is 14.2. The molecular weight excluding hydrogens is 1050 g/mol. The molecule has 0 unspecified atom stereocenters. The normalized spacial score (nSPS) is 11.3. The van der Waals surface area contributed by atoms with Gasteiger partial charge in [-0.3, -0.25) is 23.5 Å². The molecule has 0 aliphatic carbocycles. The molecule has 1 amide bonds. The van der Waals surface area contributed by atoms with Crippen LogP contribution >= 0.6 is 0 Å². The second-order valence-corrected chi connectivity index (χ2v) is 19.1. The quantitative estimate of drug-likeness (QED) is 0.0393. The largest absolute Gasteiger partial charge is 0.478 e. The number of halogens is 4. The lowest BCUT2D eigenvalue weighted by Gasteiger charge is -2.19. The number of amides is 1. The summed E-state index contributed by atoms with van der Waals surface area (Å²) in [6, 6.07) is 31.5. The zero-order valence-corrected chi connectivity index (χ0v) is 46.4. The number of carbonyl (C=O) groups excluding carboxylic acids is 1. The van der Waals surface area contributed by atoms with E-state index in [9.17, 15) is 33.1 Å². The van der Waals surface area contributed by atoms with Crippen LogP contribution in [-0.4, -0.2) is 108 Å². The van der Waals surface area contributed by atoms with Gasteiger partial charge in [0.25, 0.3) is 17.0 Å². The van der Waals surface area contributed by atoms with Crippen LogP contribution in [0.15, 0.2) is 137 Å². The number of nitrogens with one attached hydrogen (secondary N) is 3. The molecule has 9 aromatic rings. The predicted octanol–water partition coefficient (Wildman–Crippen LogP) is 11.3. The summed E-state index contributed by atoms with van der Waals surface area (Å²) >= 11 is 0. The molecule has 0 fully saturated rings. The van der Waals surface area contributed by atoms with E-state index in [2.05, 4.69) is 68.4 Å². The molecule has 0 bridgehead atoms. The summed E-state index contributed by atoms with van der Waals surface area (Å²) in [6.07, 6.45) is 1.59. The summed E-state index contributed by atoms with van der Waals surface area (Å²) in [5, 5.41) is 19.7. The fourth-order valence-electron chi connectivity index (χ4n) is 9.70. The first kappa shape index (κ1) is 59.0. The number of anilines is 3. The molecule has 0 aliphatic rings. The van der Waals surface area contributed by atoms with Crippen molar-refractivity contribution in [2.24, 2.45) is 0 Å². The van der Waals surface area contributed by atoms with E-state index in [1.165, 1.54) is 36.4 Å². The van der Waals surface area contributed by atoms with E-state index in [-0.39, 0.29) is 34.7 Å². The van der Waals surface area contributed by atoms with Crippen molar-refractivity contribution >= 4 is 51.5 Å². The van der Waals surface area contributed by atoms with Crippen molar-refractivity contribution in [2.45, 2.75) is 54.4 Å². The smallest absolute Gasteiger partial charge is 0.335 e. The van der Waals surface area contributed by atoms with Gasteiger partial charge in [-0.25, -0.2) is 32.3 Å². The maximum atomic E-state index is 15.0. The molecule has 424 valence electrons. The number of aromatic carboxylic acids is 1. The minimum Gasteiger partial charge on any atom is -0.478 e. The standard InChI is InChI=1S/C34H34F2N6O2.C28H29F2N5O3/c1-4-41(5-2)21-11-20-37-34-39-30(24-14-9-15-25(22(24)3)33(44)38-23-12-7-6-8-13-23)26-18-19-29(43)42(32(26)40-34)31-27(35)16-10-17-28(31)36;1-4-34(5-2)16-8-15-31-28-32-24(18-9-6-10-19(17(18)3)27(37)38)20-13-14-23(36)35(26(20)33-28)25-21(29)11-7-12-22(25)30/h6-10,12-19H,4-5,11,20-21H2,1-3H3,(H,38,44)(H,37,39,40);6-7,9-14H,4-5,8,15-16H2,1-3H3,(H,37,38)(H,31,32,33). The van der Waals surface area contributed by atoms with E-state index >= 15 is 8.78 Å². The minimum atomic E-state index is -1.09. The number of carboxylic acids is 1. The van der Waals surface area contributed by atoms with E-state index in [1.807, 2.05) is 31.2 Å². The van der Waals surface area contributed by atoms with Crippen LogP contribution in [0.4, 0.5) is 35.1 Å². The van der Waals surface area contributed by atoms with Crippen LogP contribution < -0.4 is 27.1 Å². The summed E-state index contributed by atoms with van der Waals surface area (Å²) in [5.74, 6) is -4.68. The monoisotopic (exact) mass is 1120 g/mol. The van der Waals surface area contributed by atoms with Crippen LogP contribution in [-0.2, 0) is 0 Å². The summed E-state index contributed by atoms with van der Waals surface area (Å²) in [7, 11) is 0. The molecule has 0 aliphatic heterocycles. The Morgan fingerprint density at radius 2 is 0.915 bits per heavy atom. The van der Waals surface area contributed by atoms with Crippen molar-refractivity contribution in [3.05, 3.63) is 194 Å². The number of aromatic nitrogens is 6. The molecule has 0 saturated carbocycles. The number of nitrogens with zero attached hydrogens (tertiary/aromatic N) is 8. The zero-order valence-electron chi connectivity index (χ0n) is 46.4. The number of fused-ring (bicyclic) bond motifs is 2. The van der Waals surface area contributed by atoms with Gasteiger partial charge in [-0.15, -0.1) is 0 Å². The second-order valence-electron chi connectivity index (χ2n) is 19.1. The van der Waals surface area contributed by atoms with E-state index in [1.54, 1.807) is 49.4 Å². The summed E-state index contributed by atoms with van der Waals surface area (Å²) in [6.45, 7) is 18.3. The van der Waals surface area contributed by atoms with Gasteiger partial charge >= 0.3 is 5.97 Å². The number of hydrogen-bond acceptors (Lipinski definition) is 12. The van der Waals surface area contributed by atoms with Crippen molar-refractivity contribution in [2.75, 3.05) is 68.3 Å². The lowest BCUT2D eigenvalue weighted by Crippen LogP contribution is -2.25. The van der Waals surface area contributed by atoms with Gasteiger partial charge in [0.1, 0.15) is 34.6 Å². The van der Waals surface area contributed by atoms with Crippen LogP contribution in [0.25, 0.3) is 56.0 Å². The Labute approximate surface area is 471 Å². The van der Waals surface area contributed by atoms with Gasteiger partial charge in [0, 0.05) is 58.4 Å². The molecule has 20 heteroatoms. The SMILES string of the molecule is CCN(CC)CCCNc1nc(-c2cccc(C(=O)Nc3ccccc3)c2C)c2ccc(=O)n(-c3c(F)cccc3F)c2n1.CCN(CC)CCCNc1nc(-c2cccc(C(=O)O)c2C)c2ccc(=O)n(-c3c(F)cccc3F)c2n1. The molecule has 9 rings (SSSR count). The number of para-hydroxylation sites is 3. The van der Waals surface area contributed by atoms with Gasteiger partial charge in [-0.05, 0) is 138 Å². The molecule has 16 nitrogen and oxygen atoms in total. The van der Waals surface area contributed by atoms with Crippen LogP contribution in [0.1, 0.15) is 72.4 Å². The van der Waals surface area contributed by atoms with Crippen molar-refractivity contribution in [1.29, 1.82) is 0 Å². The van der Waals surface area contributed by atoms with Crippen LogP contribution in [0.3, 0.4) is 0 Å². The average molecular weight is 1120 g/mol. The molecule has 5 aromatic carbocycles. The number of hydrogen-bond donors (Lipinski definition) is 4. The number of pyridine rings is 2. The molecule has 4 heterocycles. The van der Waals surface area contributed by atoms with Gasteiger partial charge in [0.15, 0.2) is 11.3 Å². The second kappa shape index (κ2) is 26.9. The Bertz CT molecular complexity index is 3870. The van der Waals surface area contributed by atoms with Crippen molar-refractivity contribution in [3.8, 4) is 33.9 Å². The first-order valence-electron chi connectivity index (χ1n) is 27.1. The lowest BCUT2D eigenvalue weighted by molar-refractivity contribution is 0.0695. The minimum absolute atomic E-state index is 0.00197. The Kier molecular flexibility index (Phi) is 19.3. The summed E-state index contributed by atoms with van der Waals surface area (Å²) in [5.41, 5.74) is 1.81. The van der Waals surface area contributed by atoms with E-state index < -0.39 is 51.7 Å². The number of carboxylic acid groups (broad SMARTS) is 1. The van der Waals surface area contributed by atoms with Crippen molar-refractivity contribution in [1.82, 2.24) is 38.9 Å². The Morgan fingerprint density at radius 1 is 0.512 bits per heavy atom. The first-order chi connectivity index (χ1) is 39.6. The highest BCUT2D eigenvalue weighted by atomic mass is 19.1. The Balaban J connectivity index is 0.000000217. The topological polar surface area (TPSA) is 192 Å². The molecule has 0 radical (unpaired) electrons. The van der Waals surface area contributed by atoms with E-state index in [4.69, 9.17) is 4.98 Å². The third kappa shape index (κ3) is 13.0. The third-order valence-corrected chi connectivity index (χ3v) is 14.2. The van der Waals surface area contributed by atoms with Crippen LogP contribution in [0.2, 0.25) is 0 Å². The van der Waals surface area contributed by atoms with Gasteiger partial charge in [-0.2, -0.15) is 9.97 Å². The number of benzene rings is 5. The number of rotatable bonds is 21. The maximum Gasteiger partial charge on any atom is 0.335 e. The molecule has 4 N–H and O–H groups in total. The van der Waals surface area contributed by atoms with Crippen LogP contribution in [0.5, 0.6) is 0 Å². The average Bonchev–Trinajstić information content (AvgIpc) is 2.05. The fraction of sp³-hybridized carbons (Fsp3) is 0.258. The Hall–Kier alpha value is -9.14. The zero-order chi connectivity index (χ0) is 58.6. The van der Waals surface area contributed by atoms with Gasteiger partial charge in [-0.1, -0.05) is 82.3 Å². The van der Waals surface area contributed by atoms with E-state index in [0.717, 1.165) is 85.5 Å².